The van der Waals surface area contributed by atoms with E-state index in [0.29, 0.717) is 6.42 Å². The molecule has 0 aliphatic carbocycles. The lowest BCUT2D eigenvalue weighted by atomic mass is 9.86. The van der Waals surface area contributed by atoms with Gasteiger partial charge in [-0.2, -0.15) is 0 Å². The summed E-state index contributed by atoms with van der Waals surface area (Å²) in [6, 6.07) is 0. The summed E-state index contributed by atoms with van der Waals surface area (Å²) in [7, 11) is 0. The fourth-order valence-corrected chi connectivity index (χ4v) is 1.75. The van der Waals surface area contributed by atoms with E-state index < -0.39 is 5.60 Å². The largest absolute Gasteiger partial charge is 0.385 e. The van der Waals surface area contributed by atoms with Gasteiger partial charge in [0.1, 0.15) is 5.78 Å². The number of hydrogen-bond donors (Lipinski definition) is 1. The summed E-state index contributed by atoms with van der Waals surface area (Å²) >= 11 is 0. The van der Waals surface area contributed by atoms with Gasteiger partial charge in [-0.3, -0.25) is 4.79 Å². The summed E-state index contributed by atoms with van der Waals surface area (Å²) in [5, 5.41) is 10.4. The molecule has 0 rings (SSSR count). The lowest BCUT2D eigenvalue weighted by molar-refractivity contribution is -0.122. The van der Waals surface area contributed by atoms with E-state index in [1.165, 1.54) is 0 Å². The highest BCUT2D eigenvalue weighted by molar-refractivity contribution is 5.79. The Kier molecular flexibility index (Phi) is 6.74. The van der Waals surface area contributed by atoms with Crippen LogP contribution in [0.2, 0.25) is 0 Å². The SMILES string of the molecule is C/C=C\C=C/C(=C(C)C)[C@](C)(O)CC(=O)CC. The minimum absolute atomic E-state index is 0.0770. The van der Waals surface area contributed by atoms with Gasteiger partial charge >= 0.3 is 0 Å². The van der Waals surface area contributed by atoms with Gasteiger partial charge in [0.25, 0.3) is 0 Å². The van der Waals surface area contributed by atoms with Crippen LogP contribution in [0, 0.1) is 0 Å². The van der Waals surface area contributed by atoms with Crippen molar-refractivity contribution in [2.45, 2.75) is 53.1 Å². The molecule has 0 amide bonds. The van der Waals surface area contributed by atoms with E-state index in [2.05, 4.69) is 0 Å². The molecule has 0 saturated heterocycles. The number of Topliss-reactive ketones (excluding diaryl/α,β-unsaturated/α-hetero) is 1. The Bertz CT molecular complexity index is 340. The number of hydrogen-bond acceptors (Lipinski definition) is 2. The maximum atomic E-state index is 11.5. The summed E-state index contributed by atoms with van der Waals surface area (Å²) in [5.74, 6) is 0.0770. The highest BCUT2D eigenvalue weighted by atomic mass is 16.3. The van der Waals surface area contributed by atoms with Crippen LogP contribution < -0.4 is 0 Å². The van der Waals surface area contributed by atoms with Crippen molar-refractivity contribution in [2.24, 2.45) is 0 Å². The molecule has 0 aliphatic rings. The molecule has 0 aromatic rings. The third-order valence-electron chi connectivity index (χ3n) is 2.62. The molecule has 0 radical (unpaired) electrons. The fraction of sp³-hybridized carbons (Fsp3) is 0.533. The third-order valence-corrected chi connectivity index (χ3v) is 2.62. The minimum Gasteiger partial charge on any atom is -0.385 e. The standard InChI is InChI=1S/C15H24O2/c1-6-8-9-10-14(12(3)4)15(5,17)11-13(16)7-2/h6,8-10,17H,7,11H2,1-5H3/b8-6-,10-9-/t15-/m1/s1. The van der Waals surface area contributed by atoms with Crippen molar-refractivity contribution in [3.63, 3.8) is 0 Å². The molecule has 0 heterocycles. The highest BCUT2D eigenvalue weighted by Gasteiger charge is 2.27. The van der Waals surface area contributed by atoms with Crippen LogP contribution in [-0.2, 0) is 4.79 Å². The normalized spacial score (nSPS) is 15.2. The Morgan fingerprint density at radius 3 is 2.29 bits per heavy atom. The summed E-state index contributed by atoms with van der Waals surface area (Å²) < 4.78 is 0. The van der Waals surface area contributed by atoms with Gasteiger partial charge in [-0.1, -0.05) is 36.8 Å². The Morgan fingerprint density at radius 1 is 1.29 bits per heavy atom. The van der Waals surface area contributed by atoms with Crippen LogP contribution >= 0.6 is 0 Å². The van der Waals surface area contributed by atoms with E-state index in [0.717, 1.165) is 11.1 Å². The van der Waals surface area contributed by atoms with Gasteiger partial charge in [-0.15, -0.1) is 0 Å². The predicted molar refractivity (Wildman–Crippen MR) is 72.9 cm³/mol. The third kappa shape index (κ3) is 5.64. The predicted octanol–water partition coefficient (Wildman–Crippen LogP) is 3.58. The zero-order chi connectivity index (χ0) is 13.5. The van der Waals surface area contributed by atoms with Gasteiger partial charge in [-0.25, -0.2) is 0 Å². The van der Waals surface area contributed by atoms with Gasteiger partial charge in [0.15, 0.2) is 0 Å². The molecular weight excluding hydrogens is 212 g/mol. The van der Waals surface area contributed by atoms with Crippen molar-refractivity contribution in [1.82, 2.24) is 0 Å². The van der Waals surface area contributed by atoms with Gasteiger partial charge in [0.05, 0.1) is 5.60 Å². The van der Waals surface area contributed by atoms with Crippen molar-refractivity contribution in [3.05, 3.63) is 35.5 Å². The molecule has 17 heavy (non-hydrogen) atoms. The molecule has 0 spiro atoms. The first-order valence-electron chi connectivity index (χ1n) is 6.06. The summed E-state index contributed by atoms with van der Waals surface area (Å²) in [4.78, 5) is 11.5. The molecule has 0 saturated carbocycles. The van der Waals surface area contributed by atoms with E-state index in [1.54, 1.807) is 6.92 Å². The van der Waals surface area contributed by atoms with Crippen LogP contribution in [0.25, 0.3) is 0 Å². The average molecular weight is 236 g/mol. The first-order chi connectivity index (χ1) is 7.85. The number of aliphatic hydroxyl groups is 1. The summed E-state index contributed by atoms with van der Waals surface area (Å²) in [6.07, 6.45) is 8.21. The maximum Gasteiger partial charge on any atom is 0.135 e. The molecule has 2 nitrogen and oxygen atoms in total. The smallest absolute Gasteiger partial charge is 0.135 e. The Labute approximate surface area is 105 Å². The van der Waals surface area contributed by atoms with Gasteiger partial charge in [0, 0.05) is 12.8 Å². The number of ketones is 1. The first kappa shape index (κ1) is 15.9. The fourth-order valence-electron chi connectivity index (χ4n) is 1.75. The summed E-state index contributed by atoms with van der Waals surface area (Å²) in [6.45, 7) is 9.34. The van der Waals surface area contributed by atoms with Crippen molar-refractivity contribution in [2.75, 3.05) is 0 Å². The van der Waals surface area contributed by atoms with Gasteiger partial charge in [-0.05, 0) is 33.3 Å². The van der Waals surface area contributed by atoms with Crippen molar-refractivity contribution >= 4 is 5.78 Å². The van der Waals surface area contributed by atoms with Crippen LogP contribution in [0.5, 0.6) is 0 Å². The molecule has 0 fully saturated rings. The minimum atomic E-state index is -1.08. The van der Waals surface area contributed by atoms with Crippen LogP contribution in [0.4, 0.5) is 0 Å². The maximum absolute atomic E-state index is 11.5. The van der Waals surface area contributed by atoms with E-state index in [-0.39, 0.29) is 12.2 Å². The zero-order valence-electron chi connectivity index (χ0n) is 11.6. The quantitative estimate of drug-likeness (QED) is 0.716. The van der Waals surface area contributed by atoms with E-state index in [9.17, 15) is 9.90 Å². The monoisotopic (exact) mass is 236 g/mol. The molecule has 96 valence electrons. The van der Waals surface area contributed by atoms with Gasteiger partial charge in [0.2, 0.25) is 0 Å². The van der Waals surface area contributed by atoms with E-state index in [1.807, 2.05) is 52.0 Å². The highest BCUT2D eigenvalue weighted by Crippen LogP contribution is 2.25. The molecule has 0 aromatic heterocycles. The van der Waals surface area contributed by atoms with Crippen molar-refractivity contribution < 1.29 is 9.90 Å². The van der Waals surface area contributed by atoms with Crippen molar-refractivity contribution in [1.29, 1.82) is 0 Å². The molecule has 1 N–H and O–H groups in total. The topological polar surface area (TPSA) is 37.3 Å². The Balaban J connectivity index is 5.07. The van der Waals surface area contributed by atoms with Crippen LogP contribution in [0.1, 0.15) is 47.5 Å². The first-order valence-corrected chi connectivity index (χ1v) is 6.06. The number of carbonyl (C=O) groups is 1. The Hall–Kier alpha value is -1.15. The molecule has 0 unspecified atom stereocenters. The van der Waals surface area contributed by atoms with Gasteiger partial charge < -0.3 is 5.11 Å². The van der Waals surface area contributed by atoms with Crippen LogP contribution in [-0.4, -0.2) is 16.5 Å². The second-order valence-electron chi connectivity index (χ2n) is 4.64. The van der Waals surface area contributed by atoms with Crippen molar-refractivity contribution in [3.8, 4) is 0 Å². The molecule has 1 atom stereocenters. The number of carbonyl (C=O) groups excluding carboxylic acids is 1. The molecule has 0 bridgehead atoms. The Morgan fingerprint density at radius 2 is 1.88 bits per heavy atom. The zero-order valence-corrected chi connectivity index (χ0v) is 11.6. The summed E-state index contributed by atoms with van der Waals surface area (Å²) in [5.41, 5.74) is 0.765. The molecule has 0 aliphatic heterocycles. The lowest BCUT2D eigenvalue weighted by Gasteiger charge is -2.25. The second kappa shape index (κ2) is 7.23. The van der Waals surface area contributed by atoms with Crippen LogP contribution in [0.3, 0.4) is 0 Å². The average Bonchev–Trinajstić information content (AvgIpc) is 2.22. The van der Waals surface area contributed by atoms with E-state index >= 15 is 0 Å². The number of rotatable bonds is 6. The second-order valence-corrected chi connectivity index (χ2v) is 4.64. The van der Waals surface area contributed by atoms with Crippen LogP contribution in [0.15, 0.2) is 35.5 Å². The molecular formula is C15H24O2. The molecule has 0 aromatic carbocycles. The number of allylic oxidation sites excluding steroid dienone is 4. The molecule has 2 heteroatoms. The lowest BCUT2D eigenvalue weighted by Crippen LogP contribution is -2.30. The van der Waals surface area contributed by atoms with E-state index in [4.69, 9.17) is 0 Å².